The molecule has 0 bridgehead atoms. The number of aliphatic imine (C=N–C) groups is 1. The Hall–Kier alpha value is -1.96. The summed E-state index contributed by atoms with van der Waals surface area (Å²) in [6.07, 6.45) is 1.20. The number of halogens is 1. The Kier molecular flexibility index (Phi) is 10.1. The van der Waals surface area contributed by atoms with E-state index < -0.39 is 0 Å². The summed E-state index contributed by atoms with van der Waals surface area (Å²) in [6, 6.07) is 18.8. The summed E-state index contributed by atoms with van der Waals surface area (Å²) in [5, 5.41) is 6.88. The van der Waals surface area contributed by atoms with Gasteiger partial charge in [0, 0.05) is 37.4 Å². The summed E-state index contributed by atoms with van der Waals surface area (Å²) in [7, 11) is 0. The normalized spacial score (nSPS) is 16.3. The van der Waals surface area contributed by atoms with E-state index >= 15 is 0 Å². The van der Waals surface area contributed by atoms with Gasteiger partial charge in [-0.25, -0.2) is 4.99 Å². The number of nitrogens with zero attached hydrogens (tertiary/aromatic N) is 2. The lowest BCUT2D eigenvalue weighted by atomic mass is 10.1. The van der Waals surface area contributed by atoms with Crippen LogP contribution in [0.25, 0.3) is 0 Å². The second kappa shape index (κ2) is 12.6. The van der Waals surface area contributed by atoms with Crippen molar-refractivity contribution in [1.29, 1.82) is 0 Å². The van der Waals surface area contributed by atoms with E-state index in [9.17, 15) is 0 Å². The first-order valence-corrected chi connectivity index (χ1v) is 10.3. The van der Waals surface area contributed by atoms with Gasteiger partial charge in [0.05, 0.1) is 13.2 Å². The summed E-state index contributed by atoms with van der Waals surface area (Å²) in [5.74, 6) is 2.41. The Morgan fingerprint density at radius 2 is 1.83 bits per heavy atom. The Bertz CT molecular complexity index is 754. The van der Waals surface area contributed by atoms with Gasteiger partial charge in [0.2, 0.25) is 0 Å². The zero-order valence-electron chi connectivity index (χ0n) is 17.4. The SMILES string of the molecule is CCNC(=NCc1ccccc1OCC)NCC1CCN(c2ccccc2)C1.I. The lowest BCUT2D eigenvalue weighted by Gasteiger charge is -2.19. The van der Waals surface area contributed by atoms with Crippen molar-refractivity contribution >= 4 is 35.6 Å². The molecule has 1 heterocycles. The second-order valence-electron chi connectivity index (χ2n) is 7.05. The molecule has 3 rings (SSSR count). The molecule has 6 heteroatoms. The van der Waals surface area contributed by atoms with Crippen LogP contribution in [0.4, 0.5) is 5.69 Å². The molecule has 0 aromatic heterocycles. The predicted molar refractivity (Wildman–Crippen MR) is 133 cm³/mol. The molecule has 0 aliphatic carbocycles. The number of guanidine groups is 1. The monoisotopic (exact) mass is 508 g/mol. The van der Waals surface area contributed by atoms with Crippen LogP contribution in [0, 0.1) is 5.92 Å². The first kappa shape index (κ1) is 23.3. The molecule has 2 aromatic rings. The van der Waals surface area contributed by atoms with Crippen molar-refractivity contribution in [3.05, 3.63) is 60.2 Å². The fourth-order valence-electron chi connectivity index (χ4n) is 3.55. The third-order valence-electron chi connectivity index (χ3n) is 4.99. The van der Waals surface area contributed by atoms with Crippen LogP contribution in [-0.4, -0.2) is 38.7 Å². The van der Waals surface area contributed by atoms with E-state index in [1.807, 2.05) is 25.1 Å². The van der Waals surface area contributed by atoms with Gasteiger partial charge in [0.25, 0.3) is 0 Å². The molecule has 1 atom stereocenters. The maximum atomic E-state index is 5.71. The Morgan fingerprint density at radius 1 is 1.07 bits per heavy atom. The van der Waals surface area contributed by atoms with Gasteiger partial charge in [-0.1, -0.05) is 36.4 Å². The lowest BCUT2D eigenvalue weighted by Crippen LogP contribution is -2.40. The quantitative estimate of drug-likeness (QED) is 0.318. The van der Waals surface area contributed by atoms with Crippen LogP contribution in [0.2, 0.25) is 0 Å². The topological polar surface area (TPSA) is 48.9 Å². The van der Waals surface area contributed by atoms with E-state index in [0.717, 1.165) is 43.5 Å². The zero-order chi connectivity index (χ0) is 19.6. The number of nitrogens with one attached hydrogen (secondary N) is 2. The number of rotatable bonds is 8. The molecule has 0 spiro atoms. The van der Waals surface area contributed by atoms with Gasteiger partial charge in [0.15, 0.2) is 5.96 Å². The summed E-state index contributed by atoms with van der Waals surface area (Å²) in [6.45, 7) is 9.35. The maximum Gasteiger partial charge on any atom is 0.191 e. The molecular formula is C23H33IN4O. The van der Waals surface area contributed by atoms with Crippen molar-refractivity contribution in [1.82, 2.24) is 10.6 Å². The van der Waals surface area contributed by atoms with Crippen LogP contribution in [0.5, 0.6) is 5.75 Å². The third-order valence-corrected chi connectivity index (χ3v) is 4.99. The van der Waals surface area contributed by atoms with E-state index in [1.165, 1.54) is 12.1 Å². The molecule has 1 unspecified atom stereocenters. The van der Waals surface area contributed by atoms with Crippen LogP contribution in [0.15, 0.2) is 59.6 Å². The molecule has 1 saturated heterocycles. The Balaban J connectivity index is 0.00000300. The summed E-state index contributed by atoms with van der Waals surface area (Å²) < 4.78 is 5.71. The predicted octanol–water partition coefficient (Wildman–Crippen LogP) is 4.28. The van der Waals surface area contributed by atoms with Gasteiger partial charge in [-0.15, -0.1) is 24.0 Å². The first-order valence-electron chi connectivity index (χ1n) is 10.3. The molecule has 1 aliphatic rings. The highest BCUT2D eigenvalue weighted by molar-refractivity contribution is 14.0. The molecule has 5 nitrogen and oxygen atoms in total. The zero-order valence-corrected chi connectivity index (χ0v) is 19.8. The minimum atomic E-state index is 0. The molecule has 2 aromatic carbocycles. The number of benzene rings is 2. The van der Waals surface area contributed by atoms with Crippen LogP contribution < -0.4 is 20.3 Å². The van der Waals surface area contributed by atoms with Gasteiger partial charge in [-0.3, -0.25) is 0 Å². The van der Waals surface area contributed by atoms with E-state index in [2.05, 4.69) is 58.9 Å². The molecular weight excluding hydrogens is 475 g/mol. The molecule has 0 amide bonds. The van der Waals surface area contributed by atoms with Gasteiger partial charge < -0.3 is 20.3 Å². The smallest absolute Gasteiger partial charge is 0.191 e. The molecule has 1 aliphatic heterocycles. The first-order chi connectivity index (χ1) is 13.8. The van der Waals surface area contributed by atoms with Gasteiger partial charge >= 0.3 is 0 Å². The molecule has 2 N–H and O–H groups in total. The van der Waals surface area contributed by atoms with E-state index in [-0.39, 0.29) is 24.0 Å². The standard InChI is InChI=1S/C23H32N4O.HI/c1-3-24-23(26-17-20-10-8-9-13-22(20)28-4-2)25-16-19-14-15-27(18-19)21-11-6-5-7-12-21;/h5-13,19H,3-4,14-18H2,1-2H3,(H2,24,25,26);1H. The average molecular weight is 508 g/mol. The van der Waals surface area contributed by atoms with Crippen molar-refractivity contribution in [2.75, 3.05) is 37.7 Å². The highest BCUT2D eigenvalue weighted by Gasteiger charge is 2.22. The number of anilines is 1. The largest absolute Gasteiger partial charge is 0.494 e. The fourth-order valence-corrected chi connectivity index (χ4v) is 3.55. The highest BCUT2D eigenvalue weighted by atomic mass is 127. The lowest BCUT2D eigenvalue weighted by molar-refractivity contribution is 0.336. The van der Waals surface area contributed by atoms with Gasteiger partial charge in [0.1, 0.15) is 5.75 Å². The molecule has 158 valence electrons. The molecule has 29 heavy (non-hydrogen) atoms. The fraction of sp³-hybridized carbons (Fsp3) is 0.435. The molecule has 1 fully saturated rings. The molecule has 0 radical (unpaired) electrons. The van der Waals surface area contributed by atoms with E-state index in [4.69, 9.17) is 9.73 Å². The number of ether oxygens (including phenoxy) is 1. The van der Waals surface area contributed by atoms with E-state index in [0.29, 0.717) is 19.1 Å². The minimum absolute atomic E-state index is 0. The Labute approximate surface area is 192 Å². The van der Waals surface area contributed by atoms with Crippen LogP contribution in [-0.2, 0) is 6.54 Å². The van der Waals surface area contributed by atoms with Crippen LogP contribution >= 0.6 is 24.0 Å². The second-order valence-corrected chi connectivity index (χ2v) is 7.05. The Morgan fingerprint density at radius 3 is 2.59 bits per heavy atom. The van der Waals surface area contributed by atoms with Crippen LogP contribution in [0.1, 0.15) is 25.8 Å². The summed E-state index contributed by atoms with van der Waals surface area (Å²) >= 11 is 0. The van der Waals surface area contributed by atoms with E-state index in [1.54, 1.807) is 0 Å². The summed E-state index contributed by atoms with van der Waals surface area (Å²) in [5.41, 5.74) is 2.43. The average Bonchev–Trinajstić information content (AvgIpc) is 3.21. The van der Waals surface area contributed by atoms with Crippen molar-refractivity contribution in [2.45, 2.75) is 26.8 Å². The van der Waals surface area contributed by atoms with Gasteiger partial charge in [-0.2, -0.15) is 0 Å². The number of para-hydroxylation sites is 2. The van der Waals surface area contributed by atoms with Crippen molar-refractivity contribution in [3.8, 4) is 5.75 Å². The molecule has 0 saturated carbocycles. The summed E-state index contributed by atoms with van der Waals surface area (Å²) in [4.78, 5) is 7.23. The van der Waals surface area contributed by atoms with Crippen molar-refractivity contribution < 1.29 is 4.74 Å². The number of hydrogen-bond acceptors (Lipinski definition) is 3. The van der Waals surface area contributed by atoms with Gasteiger partial charge in [-0.05, 0) is 44.4 Å². The third kappa shape index (κ3) is 7.10. The maximum absolute atomic E-state index is 5.71. The highest BCUT2D eigenvalue weighted by Crippen LogP contribution is 2.23. The van der Waals surface area contributed by atoms with Crippen LogP contribution in [0.3, 0.4) is 0 Å². The number of hydrogen-bond donors (Lipinski definition) is 2. The van der Waals surface area contributed by atoms with Crippen molar-refractivity contribution in [2.24, 2.45) is 10.9 Å². The minimum Gasteiger partial charge on any atom is -0.494 e. The van der Waals surface area contributed by atoms with Crippen molar-refractivity contribution in [3.63, 3.8) is 0 Å².